The molecular weight excluding hydrogens is 450 g/mol. The smallest absolute Gasteiger partial charge is 0.251 e. The average molecular weight is 472 g/mol. The van der Waals surface area contributed by atoms with Gasteiger partial charge in [0.25, 0.3) is 5.91 Å². The summed E-state index contributed by atoms with van der Waals surface area (Å²) in [5, 5.41) is 10.5. The Morgan fingerprint density at radius 1 is 1.00 bits per heavy atom. The predicted octanol–water partition coefficient (Wildman–Crippen LogP) is 6.86. The molecule has 0 saturated heterocycles. The minimum Gasteiger partial charge on any atom is -0.352 e. The number of rotatable bonds is 7. The number of hydrogen-bond acceptors (Lipinski definition) is 4. The third kappa shape index (κ3) is 5.69. The molecule has 0 saturated carbocycles. The van der Waals surface area contributed by atoms with Gasteiger partial charge in [-0.2, -0.15) is 0 Å². The summed E-state index contributed by atoms with van der Waals surface area (Å²) in [5.74, 6) is -0.132. The number of benzene rings is 3. The van der Waals surface area contributed by atoms with Crippen molar-refractivity contribution in [1.29, 1.82) is 5.41 Å². The topological polar surface area (TPSA) is 65.3 Å². The summed E-state index contributed by atoms with van der Waals surface area (Å²) in [6.45, 7) is 0.530. The first kappa shape index (κ1) is 22.8. The number of nitrogens with zero attached hydrogens (tertiary/aromatic N) is 1. The van der Waals surface area contributed by atoms with Gasteiger partial charge < -0.3 is 10.7 Å². The van der Waals surface area contributed by atoms with Crippen LogP contribution in [0.5, 0.6) is 0 Å². The number of aliphatic imine (C=N–C) groups is 1. The fraction of sp³-hybridized carbons (Fsp3) is 0.0741. The molecule has 0 spiro atoms. The van der Waals surface area contributed by atoms with Crippen molar-refractivity contribution in [2.45, 2.75) is 16.2 Å². The lowest BCUT2D eigenvalue weighted by atomic mass is 10.0. The van der Waals surface area contributed by atoms with Crippen LogP contribution in [-0.4, -0.2) is 24.4 Å². The molecule has 2 N–H and O–H groups in total. The number of amides is 1. The van der Waals surface area contributed by atoms with Gasteiger partial charge in [0.15, 0.2) is 0 Å². The maximum absolute atomic E-state index is 12.7. The van der Waals surface area contributed by atoms with Crippen LogP contribution >= 0.6 is 23.4 Å². The van der Waals surface area contributed by atoms with Gasteiger partial charge in [-0.15, -0.1) is 0 Å². The van der Waals surface area contributed by atoms with E-state index in [9.17, 15) is 4.79 Å². The van der Waals surface area contributed by atoms with Crippen molar-refractivity contribution in [3.05, 3.63) is 113 Å². The van der Waals surface area contributed by atoms with Crippen LogP contribution in [-0.2, 0) is 0 Å². The maximum atomic E-state index is 12.7. The first-order valence-electron chi connectivity index (χ1n) is 10.5. The standard InChI is InChI=1S/C27H22ClN3OS/c28-21-10-8-9-19(17-21)26-22-11-4-5-12-24(22)33-25-14-13-20(18-23(25)31-26)27(32)30-16-7-3-1-2-6-15-29/h1-6,8-15,17-18,29H,7,16H2,(H,30,32)/b3-1+,6-2-,29-15?. The Morgan fingerprint density at radius 3 is 2.73 bits per heavy atom. The van der Waals surface area contributed by atoms with Gasteiger partial charge in [-0.05, 0) is 48.9 Å². The first-order chi connectivity index (χ1) is 16.2. The van der Waals surface area contributed by atoms with Crippen LogP contribution in [0.25, 0.3) is 0 Å². The molecule has 1 amide bonds. The second-order valence-electron chi connectivity index (χ2n) is 7.28. The Hall–Kier alpha value is -3.41. The van der Waals surface area contributed by atoms with Crippen LogP contribution in [0.2, 0.25) is 5.02 Å². The van der Waals surface area contributed by atoms with Crippen molar-refractivity contribution in [2.24, 2.45) is 4.99 Å². The van der Waals surface area contributed by atoms with Crippen molar-refractivity contribution in [3.63, 3.8) is 0 Å². The highest BCUT2D eigenvalue weighted by Gasteiger charge is 2.20. The van der Waals surface area contributed by atoms with Crippen molar-refractivity contribution >= 4 is 46.9 Å². The predicted molar refractivity (Wildman–Crippen MR) is 138 cm³/mol. The van der Waals surface area contributed by atoms with E-state index in [1.807, 2.05) is 66.7 Å². The zero-order valence-corrected chi connectivity index (χ0v) is 19.4. The molecule has 4 rings (SSSR count). The Bertz CT molecular complexity index is 1280. The van der Waals surface area contributed by atoms with Gasteiger partial charge in [-0.25, -0.2) is 4.99 Å². The summed E-state index contributed by atoms with van der Waals surface area (Å²) in [6.07, 6.45) is 9.17. The molecule has 0 bridgehead atoms. The van der Waals surface area contributed by atoms with E-state index >= 15 is 0 Å². The number of allylic oxidation sites excluding steroid dienone is 3. The zero-order chi connectivity index (χ0) is 23.0. The fourth-order valence-corrected chi connectivity index (χ4v) is 4.60. The van der Waals surface area contributed by atoms with Gasteiger partial charge in [-0.1, -0.05) is 71.9 Å². The molecule has 0 fully saturated rings. The SMILES string of the molecule is N=C/C=C\C=C\CCNC(=O)c1ccc2c(c1)N=C(c1cccc(Cl)c1)c1ccccc1S2. The first-order valence-corrected chi connectivity index (χ1v) is 11.7. The molecule has 3 aromatic carbocycles. The molecule has 1 aliphatic rings. The lowest BCUT2D eigenvalue weighted by Gasteiger charge is -2.09. The van der Waals surface area contributed by atoms with Gasteiger partial charge in [0.2, 0.25) is 0 Å². The van der Waals surface area contributed by atoms with Crippen LogP contribution in [0.1, 0.15) is 27.9 Å². The van der Waals surface area contributed by atoms with E-state index in [-0.39, 0.29) is 5.91 Å². The van der Waals surface area contributed by atoms with Crippen molar-refractivity contribution in [2.75, 3.05) is 6.54 Å². The third-order valence-electron chi connectivity index (χ3n) is 4.96. The minimum absolute atomic E-state index is 0.132. The molecule has 6 heteroatoms. The largest absolute Gasteiger partial charge is 0.352 e. The van der Waals surface area contributed by atoms with Crippen molar-refractivity contribution < 1.29 is 4.79 Å². The Kier molecular flexibility index (Phi) is 7.55. The van der Waals surface area contributed by atoms with E-state index in [0.717, 1.165) is 32.3 Å². The van der Waals surface area contributed by atoms with Gasteiger partial charge in [-0.3, -0.25) is 4.79 Å². The Balaban J connectivity index is 1.61. The normalized spacial score (nSPS) is 12.7. The molecule has 33 heavy (non-hydrogen) atoms. The molecule has 4 nitrogen and oxygen atoms in total. The Labute approximate surface area is 202 Å². The molecule has 0 aromatic heterocycles. The number of nitrogens with one attached hydrogen (secondary N) is 2. The third-order valence-corrected chi connectivity index (χ3v) is 6.34. The second kappa shape index (κ2) is 10.9. The average Bonchev–Trinajstić information content (AvgIpc) is 2.99. The van der Waals surface area contributed by atoms with Gasteiger partial charge in [0.05, 0.1) is 11.4 Å². The molecule has 0 aliphatic carbocycles. The van der Waals surface area contributed by atoms with Crippen LogP contribution in [0.15, 0.2) is 106 Å². The highest BCUT2D eigenvalue weighted by molar-refractivity contribution is 7.99. The molecule has 1 heterocycles. The lowest BCUT2D eigenvalue weighted by Crippen LogP contribution is -2.24. The quantitative estimate of drug-likeness (QED) is 0.176. The highest BCUT2D eigenvalue weighted by Crippen LogP contribution is 2.41. The number of hydrogen-bond donors (Lipinski definition) is 2. The molecule has 3 aromatic rings. The van der Waals surface area contributed by atoms with Gasteiger partial charge in [0, 0.05) is 44.3 Å². The van der Waals surface area contributed by atoms with E-state index in [4.69, 9.17) is 22.0 Å². The minimum atomic E-state index is -0.132. The Morgan fingerprint density at radius 2 is 1.88 bits per heavy atom. The fourth-order valence-electron chi connectivity index (χ4n) is 3.40. The summed E-state index contributed by atoms with van der Waals surface area (Å²) in [7, 11) is 0. The van der Waals surface area contributed by atoms with Crippen LogP contribution in [0.3, 0.4) is 0 Å². The van der Waals surface area contributed by atoms with Crippen LogP contribution < -0.4 is 5.32 Å². The van der Waals surface area contributed by atoms with Crippen molar-refractivity contribution in [1.82, 2.24) is 5.32 Å². The molecule has 164 valence electrons. The number of carbonyl (C=O) groups excluding carboxylic acids is 1. The summed E-state index contributed by atoms with van der Waals surface area (Å²) < 4.78 is 0. The number of halogens is 1. The van der Waals surface area contributed by atoms with E-state index in [2.05, 4.69) is 17.4 Å². The molecule has 0 atom stereocenters. The lowest BCUT2D eigenvalue weighted by molar-refractivity contribution is 0.0954. The van der Waals surface area contributed by atoms with Crippen LogP contribution in [0.4, 0.5) is 5.69 Å². The highest BCUT2D eigenvalue weighted by atomic mass is 35.5. The van der Waals surface area contributed by atoms with Crippen molar-refractivity contribution in [3.8, 4) is 0 Å². The molecule has 0 unspecified atom stereocenters. The molecule has 1 aliphatic heterocycles. The van der Waals surface area contributed by atoms with E-state index in [1.54, 1.807) is 23.9 Å². The molecule has 0 radical (unpaired) electrons. The van der Waals surface area contributed by atoms with Crippen LogP contribution in [0, 0.1) is 5.41 Å². The maximum Gasteiger partial charge on any atom is 0.251 e. The van der Waals surface area contributed by atoms with Gasteiger partial charge >= 0.3 is 0 Å². The zero-order valence-electron chi connectivity index (χ0n) is 17.8. The summed E-state index contributed by atoms with van der Waals surface area (Å²) in [4.78, 5) is 19.8. The summed E-state index contributed by atoms with van der Waals surface area (Å²) >= 11 is 7.91. The summed E-state index contributed by atoms with van der Waals surface area (Å²) in [6, 6.07) is 21.5. The monoisotopic (exact) mass is 471 g/mol. The summed E-state index contributed by atoms with van der Waals surface area (Å²) in [5.41, 5.74) is 4.13. The number of carbonyl (C=O) groups is 1. The number of fused-ring (bicyclic) bond motifs is 2. The van der Waals surface area contributed by atoms with E-state index in [0.29, 0.717) is 23.6 Å². The molecular formula is C27H22ClN3OS. The van der Waals surface area contributed by atoms with E-state index in [1.165, 1.54) is 6.21 Å². The van der Waals surface area contributed by atoms with E-state index < -0.39 is 0 Å². The second-order valence-corrected chi connectivity index (χ2v) is 8.80. The van der Waals surface area contributed by atoms with Gasteiger partial charge in [0.1, 0.15) is 0 Å².